The van der Waals surface area contributed by atoms with Crippen LogP contribution in [0.25, 0.3) is 0 Å². The van der Waals surface area contributed by atoms with E-state index in [0.717, 1.165) is 30.5 Å². The lowest BCUT2D eigenvalue weighted by Gasteiger charge is -2.18. The minimum Gasteiger partial charge on any atom is -0.463 e. The van der Waals surface area contributed by atoms with Gasteiger partial charge in [-0.3, -0.25) is 4.90 Å². The highest BCUT2D eigenvalue weighted by Crippen LogP contribution is 2.22. The van der Waals surface area contributed by atoms with E-state index in [-0.39, 0.29) is 0 Å². The van der Waals surface area contributed by atoms with Crippen molar-refractivity contribution in [1.29, 1.82) is 0 Å². The molecule has 3 heteroatoms. The molecule has 1 saturated heterocycles. The fourth-order valence-corrected chi connectivity index (χ4v) is 3.15. The molecule has 0 spiro atoms. The van der Waals surface area contributed by atoms with E-state index < -0.39 is 0 Å². The Labute approximate surface area is 130 Å². The summed E-state index contributed by atoms with van der Waals surface area (Å²) in [6.07, 6.45) is 5.41. The Balaban J connectivity index is 1.89. The first-order chi connectivity index (χ1) is 10.1. The molecule has 0 aliphatic carbocycles. The quantitative estimate of drug-likeness (QED) is 0.855. The van der Waals surface area contributed by atoms with Gasteiger partial charge >= 0.3 is 0 Å². The van der Waals surface area contributed by atoms with Crippen LogP contribution in [-0.4, -0.2) is 24.0 Å². The van der Waals surface area contributed by atoms with Crippen molar-refractivity contribution in [1.82, 2.24) is 10.2 Å². The third-order valence-electron chi connectivity index (χ3n) is 4.64. The zero-order valence-electron chi connectivity index (χ0n) is 14.2. The maximum absolute atomic E-state index is 6.06. The second kappa shape index (κ2) is 8.00. The topological polar surface area (TPSA) is 28.4 Å². The molecule has 2 heterocycles. The Morgan fingerprint density at radius 3 is 2.86 bits per heavy atom. The molecular formula is C18H32N2O. The molecule has 3 nitrogen and oxygen atoms in total. The minimum absolute atomic E-state index is 0.495. The van der Waals surface area contributed by atoms with Crippen LogP contribution in [0.5, 0.6) is 0 Å². The third-order valence-corrected chi connectivity index (χ3v) is 4.64. The van der Waals surface area contributed by atoms with Gasteiger partial charge in [-0.05, 0) is 56.8 Å². The maximum atomic E-state index is 6.06. The van der Waals surface area contributed by atoms with Gasteiger partial charge in [0.05, 0.1) is 13.1 Å². The van der Waals surface area contributed by atoms with Gasteiger partial charge in [0.2, 0.25) is 0 Å². The van der Waals surface area contributed by atoms with Crippen LogP contribution >= 0.6 is 0 Å². The average molecular weight is 292 g/mol. The van der Waals surface area contributed by atoms with E-state index in [0.29, 0.717) is 6.04 Å². The molecule has 0 bridgehead atoms. The molecule has 0 saturated carbocycles. The first-order valence-corrected chi connectivity index (χ1v) is 8.62. The van der Waals surface area contributed by atoms with Crippen molar-refractivity contribution in [2.75, 3.05) is 13.1 Å². The van der Waals surface area contributed by atoms with E-state index in [1.165, 1.54) is 44.3 Å². The summed E-state index contributed by atoms with van der Waals surface area (Å²) in [6, 6.07) is 2.72. The first kappa shape index (κ1) is 16.6. The molecule has 1 unspecified atom stereocenters. The summed E-state index contributed by atoms with van der Waals surface area (Å²) in [5.41, 5.74) is 1.28. The molecule has 21 heavy (non-hydrogen) atoms. The Kier molecular flexibility index (Phi) is 6.31. The van der Waals surface area contributed by atoms with Crippen LogP contribution < -0.4 is 5.32 Å². The molecule has 0 radical (unpaired) electrons. The van der Waals surface area contributed by atoms with Crippen LogP contribution in [-0.2, 0) is 13.1 Å². The fourth-order valence-electron chi connectivity index (χ4n) is 3.15. The number of furan rings is 1. The van der Waals surface area contributed by atoms with Gasteiger partial charge in [-0.15, -0.1) is 0 Å². The summed E-state index contributed by atoms with van der Waals surface area (Å²) in [5, 5.41) is 3.44. The first-order valence-electron chi connectivity index (χ1n) is 8.62. The average Bonchev–Trinajstić information content (AvgIpc) is 2.65. The normalized spacial score (nSPS) is 20.9. The van der Waals surface area contributed by atoms with E-state index in [1.807, 2.05) is 0 Å². The predicted molar refractivity (Wildman–Crippen MR) is 88.3 cm³/mol. The molecule has 1 atom stereocenters. The fraction of sp³-hybridized carbons (Fsp3) is 0.778. The summed E-state index contributed by atoms with van der Waals surface area (Å²) in [4.78, 5) is 2.56. The van der Waals surface area contributed by atoms with Gasteiger partial charge < -0.3 is 9.73 Å². The van der Waals surface area contributed by atoms with Crippen molar-refractivity contribution in [3.05, 3.63) is 23.2 Å². The molecule has 1 aromatic rings. The highest BCUT2D eigenvalue weighted by Gasteiger charge is 2.17. The van der Waals surface area contributed by atoms with E-state index in [1.54, 1.807) is 0 Å². The molecule has 0 amide bonds. The predicted octanol–water partition coefficient (Wildman–Crippen LogP) is 4.10. The van der Waals surface area contributed by atoms with Crippen LogP contribution in [0.1, 0.15) is 63.5 Å². The summed E-state index contributed by atoms with van der Waals surface area (Å²) in [6.45, 7) is 13.1. The number of rotatable bonds is 6. The summed E-state index contributed by atoms with van der Waals surface area (Å²) >= 11 is 0. The van der Waals surface area contributed by atoms with Crippen LogP contribution in [0.4, 0.5) is 0 Å². The number of hydrogen-bond donors (Lipinski definition) is 1. The largest absolute Gasteiger partial charge is 0.463 e. The number of nitrogens with one attached hydrogen (secondary N) is 1. The second-order valence-electron chi connectivity index (χ2n) is 6.84. The number of hydrogen-bond acceptors (Lipinski definition) is 3. The SMILES string of the molecule is CCC1CCCN(Cc2cc(C)c(CNC(C)C)o2)CC1. The zero-order chi connectivity index (χ0) is 15.2. The second-order valence-corrected chi connectivity index (χ2v) is 6.84. The van der Waals surface area contributed by atoms with Gasteiger partial charge in [0.1, 0.15) is 11.5 Å². The Morgan fingerprint density at radius 1 is 1.33 bits per heavy atom. The van der Waals surface area contributed by atoms with Gasteiger partial charge in [0.25, 0.3) is 0 Å². The van der Waals surface area contributed by atoms with Gasteiger partial charge in [0, 0.05) is 6.04 Å². The van der Waals surface area contributed by atoms with Crippen molar-refractivity contribution in [2.45, 2.75) is 72.5 Å². The zero-order valence-corrected chi connectivity index (χ0v) is 14.2. The molecule has 2 rings (SSSR count). The minimum atomic E-state index is 0.495. The smallest absolute Gasteiger partial charge is 0.120 e. The molecule has 1 aliphatic heterocycles. The summed E-state index contributed by atoms with van der Waals surface area (Å²) in [5.74, 6) is 3.15. The monoisotopic (exact) mass is 292 g/mol. The summed E-state index contributed by atoms with van der Waals surface area (Å²) in [7, 11) is 0. The highest BCUT2D eigenvalue weighted by atomic mass is 16.3. The molecule has 120 valence electrons. The van der Waals surface area contributed by atoms with E-state index in [4.69, 9.17) is 4.42 Å². The van der Waals surface area contributed by atoms with Crippen LogP contribution in [0, 0.1) is 12.8 Å². The molecule has 1 aliphatic rings. The van der Waals surface area contributed by atoms with Crippen molar-refractivity contribution in [2.24, 2.45) is 5.92 Å². The Hall–Kier alpha value is -0.800. The van der Waals surface area contributed by atoms with E-state index >= 15 is 0 Å². The van der Waals surface area contributed by atoms with Gasteiger partial charge in [-0.2, -0.15) is 0 Å². The van der Waals surface area contributed by atoms with Gasteiger partial charge in [-0.25, -0.2) is 0 Å². The Bertz CT molecular complexity index is 425. The van der Waals surface area contributed by atoms with E-state index in [9.17, 15) is 0 Å². The number of aryl methyl sites for hydroxylation is 1. The molecular weight excluding hydrogens is 260 g/mol. The van der Waals surface area contributed by atoms with Crippen molar-refractivity contribution < 1.29 is 4.42 Å². The van der Waals surface area contributed by atoms with Crippen molar-refractivity contribution in [3.63, 3.8) is 0 Å². The number of likely N-dealkylation sites (tertiary alicyclic amines) is 1. The molecule has 1 fully saturated rings. The van der Waals surface area contributed by atoms with Crippen LogP contribution in [0.3, 0.4) is 0 Å². The lowest BCUT2D eigenvalue weighted by molar-refractivity contribution is 0.246. The summed E-state index contributed by atoms with van der Waals surface area (Å²) < 4.78 is 6.06. The van der Waals surface area contributed by atoms with Gasteiger partial charge in [0.15, 0.2) is 0 Å². The number of nitrogens with zero attached hydrogens (tertiary/aromatic N) is 1. The molecule has 1 aromatic heterocycles. The van der Waals surface area contributed by atoms with E-state index in [2.05, 4.69) is 44.0 Å². The van der Waals surface area contributed by atoms with Crippen molar-refractivity contribution >= 4 is 0 Å². The molecule has 0 aromatic carbocycles. The lowest BCUT2D eigenvalue weighted by atomic mass is 9.98. The third kappa shape index (κ3) is 5.15. The van der Waals surface area contributed by atoms with Crippen molar-refractivity contribution in [3.8, 4) is 0 Å². The lowest BCUT2D eigenvalue weighted by Crippen LogP contribution is -2.24. The standard InChI is InChI=1S/C18H32N2O/c1-5-16-7-6-9-20(10-8-16)13-17-11-15(4)18(21-17)12-19-14(2)3/h11,14,16,19H,5-10,12-13H2,1-4H3. The van der Waals surface area contributed by atoms with Gasteiger partial charge in [-0.1, -0.05) is 27.2 Å². The Morgan fingerprint density at radius 2 is 2.14 bits per heavy atom. The maximum Gasteiger partial charge on any atom is 0.120 e. The van der Waals surface area contributed by atoms with Crippen LogP contribution in [0.2, 0.25) is 0 Å². The highest BCUT2D eigenvalue weighted by molar-refractivity contribution is 5.20. The van der Waals surface area contributed by atoms with Crippen LogP contribution in [0.15, 0.2) is 10.5 Å². The molecule has 1 N–H and O–H groups in total.